The zero-order chi connectivity index (χ0) is 17.6. The van der Waals surface area contributed by atoms with Crippen molar-refractivity contribution in [2.24, 2.45) is 0 Å². The van der Waals surface area contributed by atoms with Gasteiger partial charge >= 0.3 is 5.97 Å². The third-order valence-electron chi connectivity index (χ3n) is 3.27. The van der Waals surface area contributed by atoms with Crippen molar-refractivity contribution in [3.05, 3.63) is 36.0 Å². The van der Waals surface area contributed by atoms with Crippen LogP contribution in [0.25, 0.3) is 10.9 Å². The van der Waals surface area contributed by atoms with Crippen molar-refractivity contribution >= 4 is 34.3 Å². The minimum atomic E-state index is -0.676. The van der Waals surface area contributed by atoms with Gasteiger partial charge in [-0.1, -0.05) is 18.2 Å². The monoisotopic (exact) mass is 348 g/mol. The van der Waals surface area contributed by atoms with Crippen LogP contribution in [0.4, 0.5) is 5.69 Å². The zero-order valence-electron chi connectivity index (χ0n) is 14.3. The number of rotatable bonds is 8. The van der Waals surface area contributed by atoms with E-state index in [4.69, 9.17) is 4.74 Å². The van der Waals surface area contributed by atoms with Crippen LogP contribution < -0.4 is 5.32 Å². The minimum absolute atomic E-state index is 0.326. The van der Waals surface area contributed by atoms with Crippen LogP contribution >= 0.6 is 11.8 Å². The van der Waals surface area contributed by atoms with Crippen LogP contribution in [-0.2, 0) is 4.74 Å². The van der Waals surface area contributed by atoms with Crippen LogP contribution in [0.15, 0.2) is 30.5 Å². The van der Waals surface area contributed by atoms with Gasteiger partial charge in [0.1, 0.15) is 5.56 Å². The summed E-state index contributed by atoms with van der Waals surface area (Å²) < 4.78 is 5.13. The SMILES string of the molecule is CCOC(=O)c1cnc2ccccc2c1NCCSCC(C)(C)O. The largest absolute Gasteiger partial charge is 0.462 e. The summed E-state index contributed by atoms with van der Waals surface area (Å²) in [6, 6.07) is 7.70. The number of carbonyl (C=O) groups is 1. The van der Waals surface area contributed by atoms with Gasteiger partial charge in [0, 0.05) is 29.6 Å². The lowest BCUT2D eigenvalue weighted by molar-refractivity contribution is 0.0527. The molecular weight excluding hydrogens is 324 g/mol. The molecule has 0 saturated heterocycles. The normalized spacial score (nSPS) is 11.5. The van der Waals surface area contributed by atoms with E-state index >= 15 is 0 Å². The molecule has 1 aromatic heterocycles. The van der Waals surface area contributed by atoms with Crippen molar-refractivity contribution in [2.45, 2.75) is 26.4 Å². The number of thioether (sulfide) groups is 1. The number of nitrogens with one attached hydrogen (secondary N) is 1. The Kier molecular flexibility index (Phi) is 6.45. The Balaban J connectivity index is 2.16. The number of fused-ring (bicyclic) bond motifs is 1. The molecule has 2 aromatic rings. The van der Waals surface area contributed by atoms with Crippen LogP contribution in [0.2, 0.25) is 0 Å². The maximum atomic E-state index is 12.2. The number of aliphatic hydroxyl groups is 1. The smallest absolute Gasteiger partial charge is 0.341 e. The van der Waals surface area contributed by atoms with E-state index in [2.05, 4.69) is 10.3 Å². The van der Waals surface area contributed by atoms with Crippen molar-refractivity contribution < 1.29 is 14.6 Å². The van der Waals surface area contributed by atoms with Gasteiger partial charge in [-0.2, -0.15) is 11.8 Å². The summed E-state index contributed by atoms with van der Waals surface area (Å²) in [7, 11) is 0. The van der Waals surface area contributed by atoms with Crippen LogP contribution in [0, 0.1) is 0 Å². The number of pyridine rings is 1. The average molecular weight is 348 g/mol. The molecule has 0 aliphatic rings. The highest BCUT2D eigenvalue weighted by molar-refractivity contribution is 7.99. The van der Waals surface area contributed by atoms with E-state index in [0.717, 1.165) is 22.3 Å². The number of hydrogen-bond donors (Lipinski definition) is 2. The molecule has 5 nitrogen and oxygen atoms in total. The highest BCUT2D eigenvalue weighted by Crippen LogP contribution is 2.26. The van der Waals surface area contributed by atoms with E-state index in [1.165, 1.54) is 0 Å². The van der Waals surface area contributed by atoms with E-state index in [1.807, 2.05) is 24.3 Å². The number of esters is 1. The number of hydrogen-bond acceptors (Lipinski definition) is 6. The van der Waals surface area contributed by atoms with Crippen molar-refractivity contribution in [3.8, 4) is 0 Å². The molecule has 0 aliphatic heterocycles. The Morgan fingerprint density at radius 3 is 2.83 bits per heavy atom. The van der Waals surface area contributed by atoms with E-state index < -0.39 is 5.60 Å². The summed E-state index contributed by atoms with van der Waals surface area (Å²) >= 11 is 1.67. The molecule has 0 fully saturated rings. The predicted molar refractivity (Wildman–Crippen MR) is 99.8 cm³/mol. The van der Waals surface area contributed by atoms with Gasteiger partial charge in [-0.15, -0.1) is 0 Å². The Labute approximate surface area is 146 Å². The quantitative estimate of drug-likeness (QED) is 0.563. The molecule has 2 rings (SSSR count). The molecule has 1 aromatic carbocycles. The molecule has 0 aliphatic carbocycles. The highest BCUT2D eigenvalue weighted by atomic mass is 32.2. The van der Waals surface area contributed by atoms with Gasteiger partial charge in [-0.05, 0) is 26.8 Å². The van der Waals surface area contributed by atoms with Gasteiger partial charge in [0.2, 0.25) is 0 Å². The highest BCUT2D eigenvalue weighted by Gasteiger charge is 2.16. The molecule has 0 atom stereocenters. The summed E-state index contributed by atoms with van der Waals surface area (Å²) in [5, 5.41) is 14.0. The molecule has 0 amide bonds. The number of nitrogens with zero attached hydrogens (tertiary/aromatic N) is 1. The zero-order valence-corrected chi connectivity index (χ0v) is 15.2. The molecule has 6 heteroatoms. The Bertz CT molecular complexity index is 698. The molecule has 0 radical (unpaired) electrons. The number of ether oxygens (including phenoxy) is 1. The third kappa shape index (κ3) is 5.11. The van der Waals surface area contributed by atoms with Crippen LogP contribution in [0.5, 0.6) is 0 Å². The van der Waals surface area contributed by atoms with E-state index in [-0.39, 0.29) is 5.97 Å². The van der Waals surface area contributed by atoms with Crippen molar-refractivity contribution in [3.63, 3.8) is 0 Å². The first kappa shape index (κ1) is 18.5. The third-order valence-corrected chi connectivity index (χ3v) is 4.68. The maximum absolute atomic E-state index is 12.2. The molecular formula is C18H24N2O3S. The Morgan fingerprint density at radius 2 is 2.12 bits per heavy atom. The van der Waals surface area contributed by atoms with E-state index in [9.17, 15) is 9.90 Å². The van der Waals surface area contributed by atoms with Gasteiger partial charge in [0.15, 0.2) is 0 Å². The molecule has 0 saturated carbocycles. The first-order valence-electron chi connectivity index (χ1n) is 8.01. The predicted octanol–water partition coefficient (Wildman–Crippen LogP) is 3.33. The summed E-state index contributed by atoms with van der Waals surface area (Å²) in [6.07, 6.45) is 1.56. The Hall–Kier alpha value is -1.79. The summed E-state index contributed by atoms with van der Waals surface area (Å²) in [4.78, 5) is 16.5. The van der Waals surface area contributed by atoms with Crippen LogP contribution in [0.1, 0.15) is 31.1 Å². The number of aromatic nitrogens is 1. The fraction of sp³-hybridized carbons (Fsp3) is 0.444. The van der Waals surface area contributed by atoms with Gasteiger partial charge in [-0.25, -0.2) is 4.79 Å². The van der Waals surface area contributed by atoms with Gasteiger partial charge in [-0.3, -0.25) is 4.98 Å². The number of benzene rings is 1. The van der Waals surface area contributed by atoms with Crippen molar-refractivity contribution in [1.82, 2.24) is 4.98 Å². The van der Waals surface area contributed by atoms with Gasteiger partial charge < -0.3 is 15.2 Å². The number of carbonyl (C=O) groups excluding carboxylic acids is 1. The van der Waals surface area contributed by atoms with Crippen LogP contribution in [0.3, 0.4) is 0 Å². The van der Waals surface area contributed by atoms with E-state index in [1.54, 1.807) is 38.7 Å². The first-order valence-corrected chi connectivity index (χ1v) is 9.16. The first-order chi connectivity index (χ1) is 11.4. The fourth-order valence-corrected chi connectivity index (χ4v) is 3.16. The second kappa shape index (κ2) is 8.35. The summed E-state index contributed by atoms with van der Waals surface area (Å²) in [6.45, 7) is 6.38. The summed E-state index contributed by atoms with van der Waals surface area (Å²) in [5.74, 6) is 1.11. The fourth-order valence-electron chi connectivity index (χ4n) is 2.27. The molecule has 2 N–H and O–H groups in total. The summed E-state index contributed by atoms with van der Waals surface area (Å²) in [5.41, 5.74) is 1.35. The molecule has 0 bridgehead atoms. The van der Waals surface area contributed by atoms with Gasteiger partial charge in [0.25, 0.3) is 0 Å². The van der Waals surface area contributed by atoms with Crippen molar-refractivity contribution in [2.75, 3.05) is 30.0 Å². The number of para-hydroxylation sites is 1. The molecule has 0 unspecified atom stereocenters. The molecule has 130 valence electrons. The van der Waals surface area contributed by atoms with Gasteiger partial charge in [0.05, 0.1) is 23.4 Å². The standard InChI is InChI=1S/C18H24N2O3S/c1-4-23-17(21)14-11-20-15-8-6-5-7-13(15)16(14)19-9-10-24-12-18(2,3)22/h5-8,11,22H,4,9-10,12H2,1-3H3,(H,19,20). The molecule has 0 spiro atoms. The minimum Gasteiger partial charge on any atom is -0.462 e. The lowest BCUT2D eigenvalue weighted by atomic mass is 10.1. The topological polar surface area (TPSA) is 71.5 Å². The van der Waals surface area contributed by atoms with Crippen molar-refractivity contribution in [1.29, 1.82) is 0 Å². The second-order valence-corrected chi connectivity index (χ2v) is 7.18. The number of anilines is 1. The lowest BCUT2D eigenvalue weighted by Crippen LogP contribution is -2.22. The Morgan fingerprint density at radius 1 is 1.38 bits per heavy atom. The lowest BCUT2D eigenvalue weighted by Gasteiger charge is -2.17. The second-order valence-electron chi connectivity index (χ2n) is 6.08. The molecule has 1 heterocycles. The molecule has 24 heavy (non-hydrogen) atoms. The maximum Gasteiger partial charge on any atom is 0.341 e. The van der Waals surface area contributed by atoms with Crippen LogP contribution in [-0.4, -0.2) is 46.3 Å². The average Bonchev–Trinajstić information content (AvgIpc) is 2.53. The van der Waals surface area contributed by atoms with E-state index in [0.29, 0.717) is 24.5 Å².